The fourth-order valence-corrected chi connectivity index (χ4v) is 2.35. The van der Waals surface area contributed by atoms with Crippen LogP contribution in [-0.4, -0.2) is 11.0 Å². The summed E-state index contributed by atoms with van der Waals surface area (Å²) < 4.78 is 13.6. The molecular formula is C14H13FN4OS. The Morgan fingerprint density at radius 3 is 2.81 bits per heavy atom. The third-order valence-electron chi connectivity index (χ3n) is 2.69. The van der Waals surface area contributed by atoms with Crippen molar-refractivity contribution in [2.75, 3.05) is 0 Å². The first-order valence-corrected chi connectivity index (χ1v) is 7.07. The Labute approximate surface area is 125 Å². The quantitative estimate of drug-likeness (QED) is 0.911. The monoisotopic (exact) mass is 304 g/mol. The molecule has 0 fully saturated rings. The fraction of sp³-hybridized carbons (Fsp3) is 0.214. The number of carbonyl (C=O) groups excluding carboxylic acids is 1. The average Bonchev–Trinajstić information content (AvgIpc) is 2.89. The van der Waals surface area contributed by atoms with Gasteiger partial charge in [0.05, 0.1) is 18.2 Å². The molecule has 0 aliphatic rings. The van der Waals surface area contributed by atoms with Crippen molar-refractivity contribution in [1.29, 1.82) is 5.26 Å². The van der Waals surface area contributed by atoms with Crippen LogP contribution >= 0.6 is 11.3 Å². The zero-order chi connectivity index (χ0) is 15.2. The minimum Gasteiger partial charge on any atom is -0.334 e. The summed E-state index contributed by atoms with van der Waals surface area (Å²) in [6.07, 6.45) is 0. The van der Waals surface area contributed by atoms with Gasteiger partial charge in [-0.2, -0.15) is 5.26 Å². The summed E-state index contributed by atoms with van der Waals surface area (Å²) >= 11 is 1.47. The van der Waals surface area contributed by atoms with Gasteiger partial charge in [0, 0.05) is 23.2 Å². The summed E-state index contributed by atoms with van der Waals surface area (Å²) in [6.45, 7) is 2.27. The number of aryl methyl sites for hydroxylation is 1. The molecule has 108 valence electrons. The summed E-state index contributed by atoms with van der Waals surface area (Å²) in [6, 6.07) is 5.60. The Hall–Kier alpha value is -2.46. The van der Waals surface area contributed by atoms with Gasteiger partial charge in [0.25, 0.3) is 0 Å². The first kappa shape index (κ1) is 14.9. The molecule has 21 heavy (non-hydrogen) atoms. The van der Waals surface area contributed by atoms with Gasteiger partial charge in [-0.15, -0.1) is 11.3 Å². The Morgan fingerprint density at radius 1 is 1.43 bits per heavy atom. The number of nitriles is 1. The zero-order valence-electron chi connectivity index (χ0n) is 11.3. The molecular weight excluding hydrogens is 291 g/mol. The molecule has 2 amide bonds. The number of benzene rings is 1. The van der Waals surface area contributed by atoms with Crippen molar-refractivity contribution in [3.8, 4) is 6.07 Å². The molecule has 0 aliphatic heterocycles. The van der Waals surface area contributed by atoms with Gasteiger partial charge in [0.15, 0.2) is 0 Å². The molecule has 2 N–H and O–H groups in total. The highest BCUT2D eigenvalue weighted by Gasteiger charge is 2.06. The lowest BCUT2D eigenvalue weighted by atomic mass is 10.1. The van der Waals surface area contributed by atoms with Crippen LogP contribution in [0, 0.1) is 24.1 Å². The summed E-state index contributed by atoms with van der Waals surface area (Å²) in [5, 5.41) is 16.6. The molecule has 0 bridgehead atoms. The van der Waals surface area contributed by atoms with E-state index in [0.29, 0.717) is 12.1 Å². The van der Waals surface area contributed by atoms with Crippen molar-refractivity contribution < 1.29 is 9.18 Å². The van der Waals surface area contributed by atoms with Crippen molar-refractivity contribution in [1.82, 2.24) is 15.6 Å². The van der Waals surface area contributed by atoms with Crippen LogP contribution in [0.5, 0.6) is 0 Å². The van der Waals surface area contributed by atoms with Crippen molar-refractivity contribution in [3.63, 3.8) is 0 Å². The smallest absolute Gasteiger partial charge is 0.315 e. The Bertz CT molecular complexity index is 693. The molecule has 0 radical (unpaired) electrons. The van der Waals surface area contributed by atoms with Gasteiger partial charge >= 0.3 is 6.03 Å². The van der Waals surface area contributed by atoms with Crippen LogP contribution in [0.3, 0.4) is 0 Å². The Morgan fingerprint density at radius 2 is 2.19 bits per heavy atom. The Balaban J connectivity index is 1.82. The minimum atomic E-state index is -0.509. The molecule has 0 aliphatic carbocycles. The lowest BCUT2D eigenvalue weighted by molar-refractivity contribution is 0.240. The molecule has 2 aromatic rings. The predicted molar refractivity (Wildman–Crippen MR) is 77.0 cm³/mol. The van der Waals surface area contributed by atoms with Gasteiger partial charge in [-0.25, -0.2) is 14.2 Å². The number of nitrogens with one attached hydrogen (secondary N) is 2. The standard InChI is InChI=1S/C14H13FN4OS/c1-9-8-21-13(19-9)7-18-14(20)17-6-11-3-2-10(5-16)4-12(11)15/h2-4,8H,6-7H2,1H3,(H2,17,18,20). The highest BCUT2D eigenvalue weighted by Crippen LogP contribution is 2.10. The maximum absolute atomic E-state index is 13.6. The molecule has 0 saturated carbocycles. The van der Waals surface area contributed by atoms with Gasteiger partial charge in [-0.1, -0.05) is 6.07 Å². The molecule has 0 saturated heterocycles. The van der Waals surface area contributed by atoms with Crippen LogP contribution in [0.25, 0.3) is 0 Å². The molecule has 1 aromatic heterocycles. The van der Waals surface area contributed by atoms with Crippen LogP contribution in [-0.2, 0) is 13.1 Å². The summed E-state index contributed by atoms with van der Waals surface area (Å²) in [5.41, 5.74) is 1.49. The van der Waals surface area contributed by atoms with Crippen molar-refractivity contribution in [2.45, 2.75) is 20.0 Å². The molecule has 1 heterocycles. The number of aromatic nitrogens is 1. The highest BCUT2D eigenvalue weighted by atomic mass is 32.1. The van der Waals surface area contributed by atoms with Crippen molar-refractivity contribution in [2.24, 2.45) is 0 Å². The number of hydrogen-bond acceptors (Lipinski definition) is 4. The zero-order valence-corrected chi connectivity index (χ0v) is 12.1. The fourth-order valence-electron chi connectivity index (χ4n) is 1.64. The van der Waals surface area contributed by atoms with E-state index in [1.54, 1.807) is 0 Å². The van der Waals surface area contributed by atoms with Crippen LogP contribution in [0.15, 0.2) is 23.6 Å². The molecule has 2 rings (SSSR count). The number of halogens is 1. The number of thiazole rings is 1. The van der Waals surface area contributed by atoms with Gasteiger partial charge in [0.1, 0.15) is 10.8 Å². The number of urea groups is 1. The second-order valence-electron chi connectivity index (χ2n) is 4.34. The van der Waals surface area contributed by atoms with Gasteiger partial charge in [-0.3, -0.25) is 0 Å². The SMILES string of the molecule is Cc1csc(CNC(=O)NCc2ccc(C#N)cc2F)n1. The lowest BCUT2D eigenvalue weighted by Gasteiger charge is -2.07. The first-order chi connectivity index (χ1) is 10.1. The third kappa shape index (κ3) is 4.26. The van der Waals surface area contributed by atoms with E-state index < -0.39 is 11.8 Å². The van der Waals surface area contributed by atoms with Gasteiger partial charge in [0.2, 0.25) is 0 Å². The minimum absolute atomic E-state index is 0.0558. The molecule has 0 atom stereocenters. The largest absolute Gasteiger partial charge is 0.334 e. The van der Waals surface area contributed by atoms with Crippen LogP contribution in [0.1, 0.15) is 21.8 Å². The number of nitrogens with zero attached hydrogens (tertiary/aromatic N) is 2. The van der Waals surface area contributed by atoms with Crippen LogP contribution in [0.4, 0.5) is 9.18 Å². The molecule has 5 nitrogen and oxygen atoms in total. The Kier molecular flexibility index (Phi) is 4.85. The van der Waals surface area contributed by atoms with E-state index in [1.165, 1.54) is 23.5 Å². The van der Waals surface area contributed by atoms with E-state index in [9.17, 15) is 9.18 Å². The van der Waals surface area contributed by atoms with E-state index in [4.69, 9.17) is 5.26 Å². The third-order valence-corrected chi connectivity index (χ3v) is 3.65. The maximum Gasteiger partial charge on any atom is 0.315 e. The van der Waals surface area contributed by atoms with E-state index in [0.717, 1.165) is 16.8 Å². The van der Waals surface area contributed by atoms with Crippen LogP contribution in [0.2, 0.25) is 0 Å². The number of rotatable bonds is 4. The van der Waals surface area contributed by atoms with Gasteiger partial charge in [-0.05, 0) is 19.1 Å². The first-order valence-electron chi connectivity index (χ1n) is 6.19. The second-order valence-corrected chi connectivity index (χ2v) is 5.28. The highest BCUT2D eigenvalue weighted by molar-refractivity contribution is 7.09. The number of hydrogen-bond donors (Lipinski definition) is 2. The molecule has 0 unspecified atom stereocenters. The summed E-state index contributed by atoms with van der Waals surface area (Å²) in [4.78, 5) is 15.8. The van der Waals surface area contributed by atoms with Gasteiger partial charge < -0.3 is 10.6 Å². The number of amides is 2. The molecule has 7 heteroatoms. The summed E-state index contributed by atoms with van der Waals surface area (Å²) in [5.74, 6) is -0.509. The molecule has 1 aromatic carbocycles. The van der Waals surface area contributed by atoms with E-state index in [2.05, 4.69) is 15.6 Å². The lowest BCUT2D eigenvalue weighted by Crippen LogP contribution is -2.34. The normalized spacial score (nSPS) is 9.95. The predicted octanol–water partition coefficient (Wildman–Crippen LogP) is 2.46. The number of carbonyl (C=O) groups is 1. The van der Waals surface area contributed by atoms with E-state index in [-0.39, 0.29) is 12.1 Å². The topological polar surface area (TPSA) is 77.8 Å². The van der Waals surface area contributed by atoms with Crippen molar-refractivity contribution in [3.05, 3.63) is 51.2 Å². The average molecular weight is 304 g/mol. The summed E-state index contributed by atoms with van der Waals surface area (Å²) in [7, 11) is 0. The molecule has 0 spiro atoms. The van der Waals surface area contributed by atoms with Crippen LogP contribution < -0.4 is 10.6 Å². The van der Waals surface area contributed by atoms with Crippen molar-refractivity contribution >= 4 is 17.4 Å². The van der Waals surface area contributed by atoms with E-state index >= 15 is 0 Å². The second kappa shape index (κ2) is 6.81. The van der Waals surface area contributed by atoms with E-state index in [1.807, 2.05) is 18.4 Å². The maximum atomic E-state index is 13.6.